The lowest BCUT2D eigenvalue weighted by Crippen LogP contribution is -2.19. The van der Waals surface area contributed by atoms with Crippen LogP contribution in [0.5, 0.6) is 11.6 Å². The monoisotopic (exact) mass is 417 g/mol. The summed E-state index contributed by atoms with van der Waals surface area (Å²) in [5.74, 6) is -1.35. The summed E-state index contributed by atoms with van der Waals surface area (Å²) in [4.78, 5) is 2.76. The van der Waals surface area contributed by atoms with Gasteiger partial charge in [-0.2, -0.15) is 0 Å². The Hall–Kier alpha value is -0.490. The van der Waals surface area contributed by atoms with Crippen LogP contribution in [0.4, 0.5) is 13.2 Å². The molecule has 0 aliphatic rings. The van der Waals surface area contributed by atoms with Crippen LogP contribution in [0.2, 0.25) is 0 Å². The van der Waals surface area contributed by atoms with Gasteiger partial charge in [-0.3, -0.25) is 0 Å². The van der Waals surface area contributed by atoms with E-state index in [-0.39, 0.29) is 3.57 Å². The van der Waals surface area contributed by atoms with Crippen LogP contribution in [0, 0.1) is 3.57 Å². The van der Waals surface area contributed by atoms with Crippen LogP contribution >= 0.6 is 33.3 Å². The molecule has 11 heteroatoms. The Balaban J connectivity index is 3.39. The average molecular weight is 418 g/mol. The smallest absolute Gasteiger partial charge is 0.490 e. The van der Waals surface area contributed by atoms with Crippen molar-refractivity contribution >= 4 is 42.3 Å². The maximum absolute atomic E-state index is 12.1. The van der Waals surface area contributed by atoms with Crippen LogP contribution in [-0.4, -0.2) is 26.9 Å². The van der Waals surface area contributed by atoms with Crippen molar-refractivity contribution in [2.24, 2.45) is 0 Å². The summed E-state index contributed by atoms with van der Waals surface area (Å²) in [5.41, 5.74) is 0. The van der Waals surface area contributed by atoms with E-state index in [1.807, 2.05) is 0 Å². The first-order valence-corrected chi connectivity index (χ1v) is 7.38. The van der Waals surface area contributed by atoms with E-state index in [0.29, 0.717) is 6.20 Å². The first kappa shape index (κ1) is 15.6. The summed E-state index contributed by atoms with van der Waals surface area (Å²) in [6, 6.07) is 0. The van der Waals surface area contributed by atoms with Crippen molar-refractivity contribution in [1.29, 1.82) is 0 Å². The highest BCUT2D eigenvalue weighted by atomic mass is 127. The maximum atomic E-state index is 12.1. The van der Waals surface area contributed by atoms with Crippen molar-refractivity contribution in [2.75, 3.05) is 7.11 Å². The lowest BCUT2D eigenvalue weighted by molar-refractivity contribution is -0.276. The molecule has 0 aliphatic carbocycles. The SMILES string of the molecule is COc1c(OC(F)(F)F)ncc(S(=O)(=O)Cl)c1I. The highest BCUT2D eigenvalue weighted by Gasteiger charge is 2.34. The molecule has 0 radical (unpaired) electrons. The van der Waals surface area contributed by atoms with E-state index in [2.05, 4.69) is 14.5 Å². The van der Waals surface area contributed by atoms with E-state index in [4.69, 9.17) is 10.7 Å². The average Bonchev–Trinajstić information content (AvgIpc) is 2.13. The number of hydrogen-bond acceptors (Lipinski definition) is 5. The molecule has 102 valence electrons. The number of pyridine rings is 1. The number of ether oxygens (including phenoxy) is 2. The molecular weight excluding hydrogens is 413 g/mol. The Morgan fingerprint density at radius 1 is 1.44 bits per heavy atom. The summed E-state index contributed by atoms with van der Waals surface area (Å²) < 4.78 is 66.5. The molecule has 0 amide bonds. The highest BCUT2D eigenvalue weighted by Crippen LogP contribution is 2.37. The Bertz CT molecular complexity index is 563. The lowest BCUT2D eigenvalue weighted by atomic mass is 10.4. The lowest BCUT2D eigenvalue weighted by Gasteiger charge is -2.13. The Labute approximate surface area is 118 Å². The zero-order valence-electron chi connectivity index (χ0n) is 8.46. The number of methoxy groups -OCH3 is 1. The van der Waals surface area contributed by atoms with E-state index in [1.54, 1.807) is 0 Å². The Morgan fingerprint density at radius 3 is 2.39 bits per heavy atom. The fourth-order valence-corrected chi connectivity index (χ4v) is 3.65. The van der Waals surface area contributed by atoms with Crippen molar-refractivity contribution < 1.29 is 31.1 Å². The van der Waals surface area contributed by atoms with Gasteiger partial charge < -0.3 is 9.47 Å². The van der Waals surface area contributed by atoms with Crippen LogP contribution in [0.15, 0.2) is 11.1 Å². The Kier molecular flexibility index (Phi) is 4.54. The molecule has 1 aromatic rings. The molecule has 18 heavy (non-hydrogen) atoms. The molecule has 5 nitrogen and oxygen atoms in total. The third kappa shape index (κ3) is 3.75. The molecule has 0 bridgehead atoms. The van der Waals surface area contributed by atoms with Gasteiger partial charge in [-0.15, -0.1) is 13.2 Å². The van der Waals surface area contributed by atoms with Crippen LogP contribution in [-0.2, 0) is 9.05 Å². The van der Waals surface area contributed by atoms with Gasteiger partial charge in [-0.1, -0.05) is 0 Å². The predicted molar refractivity (Wildman–Crippen MR) is 63.2 cm³/mol. The van der Waals surface area contributed by atoms with Gasteiger partial charge in [0, 0.05) is 10.7 Å². The predicted octanol–water partition coefficient (Wildman–Crippen LogP) is 2.52. The molecule has 0 saturated carbocycles. The van der Waals surface area contributed by atoms with Crippen molar-refractivity contribution in [2.45, 2.75) is 11.3 Å². The normalized spacial score (nSPS) is 12.3. The van der Waals surface area contributed by atoms with Gasteiger partial charge in [-0.05, 0) is 22.6 Å². The minimum absolute atomic E-state index is 0.153. The minimum Gasteiger partial charge on any atom is -0.490 e. The van der Waals surface area contributed by atoms with E-state index >= 15 is 0 Å². The topological polar surface area (TPSA) is 65.5 Å². The van der Waals surface area contributed by atoms with Gasteiger partial charge in [0.05, 0.1) is 16.9 Å². The van der Waals surface area contributed by atoms with E-state index in [1.165, 1.54) is 22.6 Å². The number of rotatable bonds is 3. The molecule has 0 saturated heterocycles. The number of alkyl halides is 3. The molecule has 0 atom stereocenters. The van der Waals surface area contributed by atoms with E-state index in [0.717, 1.165) is 7.11 Å². The number of halogens is 5. The van der Waals surface area contributed by atoms with Gasteiger partial charge in [0.2, 0.25) is 0 Å². The third-order valence-electron chi connectivity index (χ3n) is 1.59. The summed E-state index contributed by atoms with van der Waals surface area (Å²) in [6.45, 7) is 0. The second-order valence-electron chi connectivity index (χ2n) is 2.76. The fourth-order valence-electron chi connectivity index (χ4n) is 0.968. The summed E-state index contributed by atoms with van der Waals surface area (Å²) in [7, 11) is 1.99. The van der Waals surface area contributed by atoms with Crippen molar-refractivity contribution in [3.63, 3.8) is 0 Å². The second kappa shape index (κ2) is 5.25. The summed E-state index contributed by atoms with van der Waals surface area (Å²) >= 11 is 1.47. The quantitative estimate of drug-likeness (QED) is 0.559. The molecule has 0 fully saturated rings. The zero-order chi connectivity index (χ0) is 14.1. The van der Waals surface area contributed by atoms with Crippen molar-refractivity contribution in [3.8, 4) is 11.6 Å². The van der Waals surface area contributed by atoms with Gasteiger partial charge in [0.15, 0.2) is 5.75 Å². The molecule has 0 spiro atoms. The fraction of sp³-hybridized carbons (Fsp3) is 0.286. The minimum atomic E-state index is -4.97. The van der Waals surface area contributed by atoms with Gasteiger partial charge >= 0.3 is 6.36 Å². The molecule has 0 aromatic carbocycles. The molecular formula is C7H4ClF3INO4S. The molecule has 0 N–H and O–H groups in total. The van der Waals surface area contributed by atoms with E-state index < -0.39 is 31.9 Å². The highest BCUT2D eigenvalue weighted by molar-refractivity contribution is 14.1. The number of aromatic nitrogens is 1. The Morgan fingerprint density at radius 2 is 2.00 bits per heavy atom. The summed E-state index contributed by atoms with van der Waals surface area (Å²) in [5, 5.41) is 0. The van der Waals surface area contributed by atoms with Gasteiger partial charge in [0.1, 0.15) is 4.90 Å². The van der Waals surface area contributed by atoms with Crippen molar-refractivity contribution in [1.82, 2.24) is 4.98 Å². The first-order chi connectivity index (χ1) is 8.06. The zero-order valence-corrected chi connectivity index (χ0v) is 12.2. The number of hydrogen-bond donors (Lipinski definition) is 0. The van der Waals surface area contributed by atoms with Crippen LogP contribution in [0.3, 0.4) is 0 Å². The van der Waals surface area contributed by atoms with Gasteiger partial charge in [-0.25, -0.2) is 13.4 Å². The largest absolute Gasteiger partial charge is 0.574 e. The molecule has 0 unspecified atom stereocenters. The third-order valence-corrected chi connectivity index (χ3v) is 4.36. The maximum Gasteiger partial charge on any atom is 0.574 e. The van der Waals surface area contributed by atoms with Crippen molar-refractivity contribution in [3.05, 3.63) is 9.77 Å². The van der Waals surface area contributed by atoms with E-state index in [9.17, 15) is 21.6 Å². The second-order valence-corrected chi connectivity index (χ2v) is 6.37. The molecule has 1 heterocycles. The molecule has 0 aliphatic heterocycles. The molecule has 1 rings (SSSR count). The standard InChI is InChI=1S/C7H4ClF3INO4S/c1-16-5-4(12)3(18(8,14)15)2-13-6(5)17-7(9,10)11/h2H,1H3. The van der Waals surface area contributed by atoms with Gasteiger partial charge in [0.25, 0.3) is 14.9 Å². The first-order valence-electron chi connectivity index (χ1n) is 3.99. The summed E-state index contributed by atoms with van der Waals surface area (Å²) in [6.07, 6.45) is -4.31. The van der Waals surface area contributed by atoms with Crippen LogP contribution in [0.25, 0.3) is 0 Å². The molecule has 1 aromatic heterocycles. The number of nitrogens with zero attached hydrogens (tertiary/aromatic N) is 1. The van der Waals surface area contributed by atoms with Crippen LogP contribution < -0.4 is 9.47 Å². The van der Waals surface area contributed by atoms with Crippen LogP contribution in [0.1, 0.15) is 0 Å².